The Kier molecular flexibility index (Phi) is 4.88. The molecule has 0 radical (unpaired) electrons. The van der Waals surface area contributed by atoms with E-state index in [1.165, 1.54) is 0 Å². The number of likely N-dealkylation sites (tertiary alicyclic amines) is 1. The van der Waals surface area contributed by atoms with Crippen molar-refractivity contribution in [2.24, 2.45) is 0 Å². The molecule has 0 spiro atoms. The quantitative estimate of drug-likeness (QED) is 0.926. The number of rotatable bonds is 4. The lowest BCUT2D eigenvalue weighted by Gasteiger charge is -2.39. The second-order valence-electron chi connectivity index (χ2n) is 6.06. The summed E-state index contributed by atoms with van der Waals surface area (Å²) < 4.78 is 5.58. The van der Waals surface area contributed by atoms with Gasteiger partial charge in [-0.25, -0.2) is 0 Å². The van der Waals surface area contributed by atoms with Crippen LogP contribution in [0.15, 0.2) is 18.2 Å². The van der Waals surface area contributed by atoms with Crippen LogP contribution in [0.5, 0.6) is 0 Å². The van der Waals surface area contributed by atoms with Crippen LogP contribution < -0.4 is 5.32 Å². The highest BCUT2D eigenvalue weighted by molar-refractivity contribution is 5.99. The second kappa shape index (κ2) is 6.48. The van der Waals surface area contributed by atoms with Crippen LogP contribution in [-0.4, -0.2) is 43.2 Å². The van der Waals surface area contributed by atoms with Gasteiger partial charge in [-0.2, -0.15) is 0 Å². The van der Waals surface area contributed by atoms with E-state index in [4.69, 9.17) is 4.74 Å². The van der Waals surface area contributed by atoms with E-state index in [1.807, 2.05) is 36.9 Å². The van der Waals surface area contributed by atoms with Crippen LogP contribution in [0.25, 0.3) is 0 Å². The summed E-state index contributed by atoms with van der Waals surface area (Å²) in [6, 6.07) is 5.96. The van der Waals surface area contributed by atoms with Gasteiger partial charge in [-0.15, -0.1) is 0 Å². The highest BCUT2D eigenvalue weighted by atomic mass is 16.5. The lowest BCUT2D eigenvalue weighted by Crippen LogP contribution is -2.49. The average molecular weight is 290 g/mol. The fourth-order valence-electron chi connectivity index (χ4n) is 2.90. The van der Waals surface area contributed by atoms with E-state index in [-0.39, 0.29) is 11.5 Å². The summed E-state index contributed by atoms with van der Waals surface area (Å²) in [6.45, 7) is 8.42. The van der Waals surface area contributed by atoms with Crippen LogP contribution in [0, 0.1) is 6.92 Å². The number of hydrogen-bond donors (Lipinski definition) is 1. The van der Waals surface area contributed by atoms with Crippen LogP contribution in [0.3, 0.4) is 0 Å². The molecule has 1 aliphatic rings. The minimum atomic E-state index is -0.225. The van der Waals surface area contributed by atoms with E-state index in [1.54, 1.807) is 7.11 Å². The van der Waals surface area contributed by atoms with Crippen molar-refractivity contribution in [3.05, 3.63) is 29.3 Å². The molecular formula is C17H26N2O2. The van der Waals surface area contributed by atoms with E-state index < -0.39 is 0 Å². The van der Waals surface area contributed by atoms with Gasteiger partial charge in [-0.3, -0.25) is 4.79 Å². The number of carbonyl (C=O) groups excluding carboxylic acids is 1. The zero-order chi connectivity index (χ0) is 15.5. The number of carbonyl (C=O) groups is 1. The smallest absolute Gasteiger partial charge is 0.256 e. The summed E-state index contributed by atoms with van der Waals surface area (Å²) in [5, 5.41) is 3.29. The molecule has 1 heterocycles. The average Bonchev–Trinajstić information content (AvgIpc) is 2.47. The first kappa shape index (κ1) is 15.8. The molecule has 1 amide bonds. The highest BCUT2D eigenvalue weighted by Gasteiger charge is 2.33. The Bertz CT molecular complexity index is 516. The Morgan fingerprint density at radius 3 is 2.90 bits per heavy atom. The summed E-state index contributed by atoms with van der Waals surface area (Å²) in [5.41, 5.74) is 2.61. The van der Waals surface area contributed by atoms with Gasteiger partial charge in [0.1, 0.15) is 0 Å². The number of nitrogens with one attached hydrogen (secondary N) is 1. The number of nitrogens with zero attached hydrogens (tertiary/aromatic N) is 1. The number of hydrogen-bond acceptors (Lipinski definition) is 3. The van der Waals surface area contributed by atoms with Crippen LogP contribution in [0.1, 0.15) is 42.6 Å². The van der Waals surface area contributed by atoms with Gasteiger partial charge in [0.25, 0.3) is 5.91 Å². The minimum Gasteiger partial charge on any atom is -0.385 e. The molecule has 4 nitrogen and oxygen atoms in total. The fourth-order valence-corrected chi connectivity index (χ4v) is 2.90. The van der Waals surface area contributed by atoms with E-state index in [9.17, 15) is 4.79 Å². The molecule has 1 atom stereocenters. The topological polar surface area (TPSA) is 41.6 Å². The third-order valence-corrected chi connectivity index (χ3v) is 4.21. The summed E-state index contributed by atoms with van der Waals surface area (Å²) in [5.74, 6) is 0.0916. The largest absolute Gasteiger partial charge is 0.385 e. The minimum absolute atomic E-state index is 0.0916. The van der Waals surface area contributed by atoms with Crippen LogP contribution in [0.2, 0.25) is 0 Å². The van der Waals surface area contributed by atoms with Crippen LogP contribution in [0.4, 0.5) is 5.69 Å². The van der Waals surface area contributed by atoms with Crippen molar-refractivity contribution < 1.29 is 9.53 Å². The summed E-state index contributed by atoms with van der Waals surface area (Å²) in [7, 11) is 1.73. The van der Waals surface area contributed by atoms with Crippen LogP contribution >= 0.6 is 0 Å². The van der Waals surface area contributed by atoms with Crippen molar-refractivity contribution in [2.75, 3.05) is 32.1 Å². The SMILES string of the molecule is CCNc1cc(C)ccc1C(=O)N1CCCC(C)(OC)C1. The van der Waals surface area contributed by atoms with Crippen molar-refractivity contribution >= 4 is 11.6 Å². The Morgan fingerprint density at radius 2 is 2.24 bits per heavy atom. The molecule has 1 aliphatic heterocycles. The molecule has 1 saturated heterocycles. The van der Waals surface area contributed by atoms with Crippen molar-refractivity contribution in [1.82, 2.24) is 4.90 Å². The molecule has 1 unspecified atom stereocenters. The van der Waals surface area contributed by atoms with E-state index in [0.717, 1.165) is 42.7 Å². The zero-order valence-electron chi connectivity index (χ0n) is 13.5. The molecule has 0 bridgehead atoms. The van der Waals surface area contributed by atoms with Crippen molar-refractivity contribution in [2.45, 2.75) is 39.2 Å². The van der Waals surface area contributed by atoms with Gasteiger partial charge in [0.2, 0.25) is 0 Å². The summed E-state index contributed by atoms with van der Waals surface area (Å²) >= 11 is 0. The zero-order valence-corrected chi connectivity index (χ0v) is 13.5. The van der Waals surface area contributed by atoms with Gasteiger partial charge in [0, 0.05) is 32.4 Å². The highest BCUT2D eigenvalue weighted by Crippen LogP contribution is 2.27. The molecule has 2 rings (SSSR count). The molecule has 1 fully saturated rings. The van der Waals surface area contributed by atoms with Gasteiger partial charge in [0.15, 0.2) is 0 Å². The standard InChI is InChI=1S/C17H26N2O2/c1-5-18-15-11-13(2)7-8-14(15)16(20)19-10-6-9-17(3,12-19)21-4/h7-8,11,18H,5-6,9-10,12H2,1-4H3. The van der Waals surface area contributed by atoms with Gasteiger partial charge in [-0.05, 0) is 51.3 Å². The molecule has 0 aliphatic carbocycles. The van der Waals surface area contributed by atoms with E-state index >= 15 is 0 Å². The maximum absolute atomic E-state index is 12.8. The Hall–Kier alpha value is -1.55. The lowest BCUT2D eigenvalue weighted by molar-refractivity contribution is -0.0439. The van der Waals surface area contributed by atoms with Gasteiger partial charge in [-0.1, -0.05) is 6.07 Å². The monoisotopic (exact) mass is 290 g/mol. The molecule has 21 heavy (non-hydrogen) atoms. The fraction of sp³-hybridized carbons (Fsp3) is 0.588. The van der Waals surface area contributed by atoms with Crippen molar-refractivity contribution in [1.29, 1.82) is 0 Å². The third-order valence-electron chi connectivity index (χ3n) is 4.21. The lowest BCUT2D eigenvalue weighted by atomic mass is 9.94. The number of benzene rings is 1. The molecular weight excluding hydrogens is 264 g/mol. The first-order valence-corrected chi connectivity index (χ1v) is 7.68. The first-order valence-electron chi connectivity index (χ1n) is 7.68. The van der Waals surface area contributed by atoms with E-state index in [2.05, 4.69) is 12.2 Å². The number of aryl methyl sites for hydroxylation is 1. The molecule has 1 aromatic rings. The number of methoxy groups -OCH3 is 1. The molecule has 116 valence electrons. The first-order chi connectivity index (χ1) is 9.99. The molecule has 0 saturated carbocycles. The van der Waals surface area contributed by atoms with E-state index in [0.29, 0.717) is 6.54 Å². The van der Waals surface area contributed by atoms with Gasteiger partial charge < -0.3 is 15.0 Å². The Balaban J connectivity index is 2.23. The third kappa shape index (κ3) is 3.56. The number of ether oxygens (including phenoxy) is 1. The summed E-state index contributed by atoms with van der Waals surface area (Å²) in [4.78, 5) is 14.8. The van der Waals surface area contributed by atoms with Crippen molar-refractivity contribution in [3.8, 4) is 0 Å². The van der Waals surface area contributed by atoms with Crippen molar-refractivity contribution in [3.63, 3.8) is 0 Å². The predicted octanol–water partition coefficient (Wildman–Crippen LogP) is 3.07. The molecule has 4 heteroatoms. The second-order valence-corrected chi connectivity index (χ2v) is 6.06. The van der Waals surface area contributed by atoms with Crippen LogP contribution in [-0.2, 0) is 4.74 Å². The number of amides is 1. The molecule has 0 aromatic heterocycles. The van der Waals surface area contributed by atoms with Gasteiger partial charge in [0.05, 0.1) is 11.2 Å². The maximum atomic E-state index is 12.8. The van der Waals surface area contributed by atoms with Gasteiger partial charge >= 0.3 is 0 Å². The maximum Gasteiger partial charge on any atom is 0.256 e. The Labute approximate surface area is 127 Å². The number of anilines is 1. The summed E-state index contributed by atoms with van der Waals surface area (Å²) in [6.07, 6.45) is 1.99. The normalized spacial score (nSPS) is 22.2. The molecule has 1 aromatic carbocycles. The Morgan fingerprint density at radius 1 is 1.48 bits per heavy atom. The number of piperidine rings is 1. The molecule has 1 N–H and O–H groups in total. The predicted molar refractivity (Wildman–Crippen MR) is 85.9 cm³/mol.